The highest BCUT2D eigenvalue weighted by molar-refractivity contribution is 5.63. The van der Waals surface area contributed by atoms with E-state index >= 15 is 0 Å². The number of ether oxygens (including phenoxy) is 1. The van der Waals surface area contributed by atoms with Crippen molar-refractivity contribution in [3.8, 4) is 6.01 Å². The molecule has 0 saturated heterocycles. The van der Waals surface area contributed by atoms with E-state index < -0.39 is 11.7 Å². The lowest BCUT2D eigenvalue weighted by atomic mass is 10.0. The van der Waals surface area contributed by atoms with E-state index in [1.165, 1.54) is 4.90 Å². The average molecular weight is 395 g/mol. The van der Waals surface area contributed by atoms with Crippen molar-refractivity contribution in [3.63, 3.8) is 0 Å². The van der Waals surface area contributed by atoms with E-state index in [-0.39, 0.29) is 11.8 Å². The lowest BCUT2D eigenvalue weighted by Gasteiger charge is -2.23. The molecule has 0 aliphatic rings. The standard InChI is InChI=1S/C21H28F3N3O/c1-5-6-7-12-28-20-25-14-18(21(22,23)24)19(26-20)27(4)17-10-8-16(9-11-17)13-15(2)3/h8-11,14-15H,5-7,12-13H2,1-4H3. The van der Waals surface area contributed by atoms with Crippen molar-refractivity contribution < 1.29 is 17.9 Å². The van der Waals surface area contributed by atoms with Gasteiger partial charge in [-0.2, -0.15) is 18.2 Å². The molecule has 28 heavy (non-hydrogen) atoms. The van der Waals surface area contributed by atoms with Crippen molar-refractivity contribution >= 4 is 11.5 Å². The Kier molecular flexibility index (Phi) is 7.66. The molecule has 2 rings (SSSR count). The van der Waals surface area contributed by atoms with Crippen LogP contribution in [0.4, 0.5) is 24.7 Å². The van der Waals surface area contributed by atoms with Crippen molar-refractivity contribution in [2.24, 2.45) is 5.92 Å². The molecule has 0 spiro atoms. The van der Waals surface area contributed by atoms with E-state index in [0.717, 1.165) is 37.4 Å². The van der Waals surface area contributed by atoms with Gasteiger partial charge < -0.3 is 9.64 Å². The van der Waals surface area contributed by atoms with Gasteiger partial charge in [0.15, 0.2) is 5.82 Å². The van der Waals surface area contributed by atoms with Gasteiger partial charge in [-0.05, 0) is 36.5 Å². The van der Waals surface area contributed by atoms with Gasteiger partial charge in [0.2, 0.25) is 0 Å². The fraction of sp³-hybridized carbons (Fsp3) is 0.524. The van der Waals surface area contributed by atoms with E-state index in [1.54, 1.807) is 7.05 Å². The molecule has 4 nitrogen and oxygen atoms in total. The van der Waals surface area contributed by atoms with E-state index in [0.29, 0.717) is 18.2 Å². The molecule has 0 aliphatic carbocycles. The number of alkyl halides is 3. The number of nitrogens with zero attached hydrogens (tertiary/aromatic N) is 3. The molecule has 0 atom stereocenters. The van der Waals surface area contributed by atoms with Gasteiger partial charge in [-0.25, -0.2) is 4.98 Å². The fourth-order valence-electron chi connectivity index (χ4n) is 2.85. The van der Waals surface area contributed by atoms with E-state index in [2.05, 4.69) is 30.7 Å². The minimum absolute atomic E-state index is 0.0395. The normalized spacial score (nSPS) is 11.7. The summed E-state index contributed by atoms with van der Waals surface area (Å²) in [7, 11) is 1.57. The third-order valence-electron chi connectivity index (χ3n) is 4.32. The van der Waals surface area contributed by atoms with Gasteiger partial charge in [-0.1, -0.05) is 45.7 Å². The van der Waals surface area contributed by atoms with Crippen LogP contribution < -0.4 is 9.64 Å². The highest BCUT2D eigenvalue weighted by Gasteiger charge is 2.36. The summed E-state index contributed by atoms with van der Waals surface area (Å²) in [6, 6.07) is 7.44. The molecule has 0 saturated carbocycles. The molecule has 1 aromatic carbocycles. The first-order chi connectivity index (χ1) is 13.2. The second-order valence-corrected chi connectivity index (χ2v) is 7.27. The minimum Gasteiger partial charge on any atom is -0.463 e. The molecule has 154 valence electrons. The lowest BCUT2D eigenvalue weighted by Crippen LogP contribution is -2.19. The number of unbranched alkanes of at least 4 members (excludes halogenated alkanes) is 2. The molecular formula is C21H28F3N3O. The van der Waals surface area contributed by atoms with E-state index in [4.69, 9.17) is 4.74 Å². The average Bonchev–Trinajstić information content (AvgIpc) is 2.64. The summed E-state index contributed by atoms with van der Waals surface area (Å²) in [4.78, 5) is 9.22. The largest absolute Gasteiger partial charge is 0.463 e. The summed E-state index contributed by atoms with van der Waals surface area (Å²) >= 11 is 0. The predicted octanol–water partition coefficient (Wildman–Crippen LogP) is 6.03. The Hall–Kier alpha value is -2.31. The molecule has 0 radical (unpaired) electrons. The highest BCUT2D eigenvalue weighted by Crippen LogP contribution is 2.37. The molecule has 1 aromatic heterocycles. The van der Waals surface area contributed by atoms with Crippen LogP contribution in [0.2, 0.25) is 0 Å². The van der Waals surface area contributed by atoms with Crippen LogP contribution in [-0.2, 0) is 12.6 Å². The van der Waals surface area contributed by atoms with Gasteiger partial charge in [0.1, 0.15) is 5.56 Å². The number of rotatable bonds is 9. The number of aromatic nitrogens is 2. The third-order valence-corrected chi connectivity index (χ3v) is 4.32. The van der Waals surface area contributed by atoms with E-state index in [9.17, 15) is 13.2 Å². The molecule has 0 N–H and O–H groups in total. The summed E-state index contributed by atoms with van der Waals surface area (Å²) < 4.78 is 45.9. The summed E-state index contributed by atoms with van der Waals surface area (Å²) in [6.45, 7) is 6.69. The molecule has 2 aromatic rings. The number of hydrogen-bond acceptors (Lipinski definition) is 4. The zero-order valence-corrected chi connectivity index (χ0v) is 16.9. The van der Waals surface area contributed by atoms with Gasteiger partial charge in [0.25, 0.3) is 0 Å². The second-order valence-electron chi connectivity index (χ2n) is 7.27. The van der Waals surface area contributed by atoms with Gasteiger partial charge >= 0.3 is 12.2 Å². The summed E-state index contributed by atoms with van der Waals surface area (Å²) in [5, 5.41) is 0. The van der Waals surface area contributed by atoms with Crippen molar-refractivity contribution in [1.29, 1.82) is 0 Å². The van der Waals surface area contributed by atoms with Crippen LogP contribution in [0.25, 0.3) is 0 Å². The molecular weight excluding hydrogens is 367 g/mol. The molecule has 0 unspecified atom stereocenters. The van der Waals surface area contributed by atoms with Crippen LogP contribution in [-0.4, -0.2) is 23.6 Å². The van der Waals surface area contributed by atoms with Crippen LogP contribution >= 0.6 is 0 Å². The zero-order chi connectivity index (χ0) is 20.7. The first kappa shape index (κ1) is 22.0. The van der Waals surface area contributed by atoms with Crippen molar-refractivity contribution in [2.75, 3.05) is 18.6 Å². The maximum Gasteiger partial charge on any atom is 0.421 e. The summed E-state index contributed by atoms with van der Waals surface area (Å²) in [5.74, 6) is 0.291. The van der Waals surface area contributed by atoms with Crippen molar-refractivity contribution in [1.82, 2.24) is 9.97 Å². The van der Waals surface area contributed by atoms with Gasteiger partial charge in [-0.3, -0.25) is 0 Å². The highest BCUT2D eigenvalue weighted by atomic mass is 19.4. The Morgan fingerprint density at radius 1 is 1.11 bits per heavy atom. The molecule has 0 fully saturated rings. The molecule has 0 amide bonds. The predicted molar refractivity (Wildman–Crippen MR) is 105 cm³/mol. The molecule has 7 heteroatoms. The Balaban J connectivity index is 2.28. The number of anilines is 2. The zero-order valence-electron chi connectivity index (χ0n) is 16.9. The van der Waals surface area contributed by atoms with Crippen LogP contribution in [0.5, 0.6) is 6.01 Å². The van der Waals surface area contributed by atoms with E-state index in [1.807, 2.05) is 24.3 Å². The maximum atomic E-state index is 13.5. The first-order valence-corrected chi connectivity index (χ1v) is 9.62. The minimum atomic E-state index is -4.55. The first-order valence-electron chi connectivity index (χ1n) is 9.62. The van der Waals surface area contributed by atoms with Gasteiger partial charge in [0, 0.05) is 18.9 Å². The Morgan fingerprint density at radius 2 is 1.79 bits per heavy atom. The smallest absolute Gasteiger partial charge is 0.421 e. The summed E-state index contributed by atoms with van der Waals surface area (Å²) in [6.07, 6.45) is -0.0262. The number of halogens is 3. The van der Waals surface area contributed by atoms with Crippen LogP contribution in [0, 0.1) is 5.92 Å². The monoisotopic (exact) mass is 395 g/mol. The molecule has 0 aliphatic heterocycles. The second kappa shape index (κ2) is 9.75. The van der Waals surface area contributed by atoms with Crippen LogP contribution in [0.3, 0.4) is 0 Å². The van der Waals surface area contributed by atoms with Crippen LogP contribution in [0.1, 0.15) is 51.2 Å². The Labute approximate surface area is 164 Å². The maximum absolute atomic E-state index is 13.5. The lowest BCUT2D eigenvalue weighted by molar-refractivity contribution is -0.137. The Morgan fingerprint density at radius 3 is 2.36 bits per heavy atom. The number of hydrogen-bond donors (Lipinski definition) is 0. The van der Waals surface area contributed by atoms with Crippen LogP contribution in [0.15, 0.2) is 30.5 Å². The SMILES string of the molecule is CCCCCOc1ncc(C(F)(F)F)c(N(C)c2ccc(CC(C)C)cc2)n1. The number of benzene rings is 1. The van der Waals surface area contributed by atoms with Crippen molar-refractivity contribution in [3.05, 3.63) is 41.6 Å². The summed E-state index contributed by atoms with van der Waals surface area (Å²) in [5.41, 5.74) is 0.877. The quantitative estimate of drug-likeness (QED) is 0.486. The molecule has 1 heterocycles. The van der Waals surface area contributed by atoms with Crippen molar-refractivity contribution in [2.45, 2.75) is 52.6 Å². The topological polar surface area (TPSA) is 38.2 Å². The third kappa shape index (κ3) is 6.11. The van der Waals surface area contributed by atoms with Gasteiger partial charge in [-0.15, -0.1) is 0 Å². The fourth-order valence-corrected chi connectivity index (χ4v) is 2.85. The molecule has 0 bridgehead atoms. The van der Waals surface area contributed by atoms with Gasteiger partial charge in [0.05, 0.1) is 6.61 Å². The Bertz CT molecular complexity index is 746.